The van der Waals surface area contributed by atoms with Crippen molar-refractivity contribution in [2.45, 2.75) is 75.9 Å². The summed E-state index contributed by atoms with van der Waals surface area (Å²) in [6, 6.07) is 0.520. The van der Waals surface area contributed by atoms with E-state index in [4.69, 9.17) is 0 Å². The van der Waals surface area contributed by atoms with Gasteiger partial charge in [0.05, 0.1) is 5.66 Å². The molecule has 3 nitrogen and oxygen atoms in total. The van der Waals surface area contributed by atoms with Gasteiger partial charge in [-0.25, -0.2) is 0 Å². The predicted octanol–water partition coefficient (Wildman–Crippen LogP) is 2.62. The zero-order chi connectivity index (χ0) is 13.3. The molecule has 0 saturated heterocycles. The second-order valence-corrected chi connectivity index (χ2v) is 5.68. The highest BCUT2D eigenvalue weighted by Gasteiger charge is 2.34. The average molecular weight is 255 g/mol. The zero-order valence-electron chi connectivity index (χ0n) is 12.6. The van der Waals surface area contributed by atoms with Gasteiger partial charge in [-0.3, -0.25) is 0 Å². The van der Waals surface area contributed by atoms with Crippen LogP contribution in [0.15, 0.2) is 0 Å². The second-order valence-electron chi connectivity index (χ2n) is 5.68. The molecule has 1 aliphatic carbocycles. The van der Waals surface area contributed by atoms with Crippen LogP contribution < -0.4 is 16.0 Å². The summed E-state index contributed by atoms with van der Waals surface area (Å²) in [6.45, 7) is 0. The first-order chi connectivity index (χ1) is 8.79. The summed E-state index contributed by atoms with van der Waals surface area (Å²) in [7, 11) is 6.28. The quantitative estimate of drug-likeness (QED) is 0.679. The Hall–Kier alpha value is -0.120. The van der Waals surface area contributed by atoms with E-state index < -0.39 is 0 Å². The maximum Gasteiger partial charge on any atom is 0.0839 e. The van der Waals surface area contributed by atoms with E-state index in [2.05, 4.69) is 37.1 Å². The summed E-state index contributed by atoms with van der Waals surface area (Å²) in [5.74, 6) is 0. The fourth-order valence-electron chi connectivity index (χ4n) is 3.35. The van der Waals surface area contributed by atoms with Gasteiger partial charge in [-0.2, -0.15) is 0 Å². The molecule has 0 heterocycles. The van der Waals surface area contributed by atoms with E-state index in [1.165, 1.54) is 64.2 Å². The molecule has 1 atom stereocenters. The van der Waals surface area contributed by atoms with E-state index in [9.17, 15) is 0 Å². The van der Waals surface area contributed by atoms with Crippen LogP contribution in [0, 0.1) is 0 Å². The summed E-state index contributed by atoms with van der Waals surface area (Å²) in [6.07, 6.45) is 13.6. The van der Waals surface area contributed by atoms with E-state index in [1.54, 1.807) is 0 Å². The van der Waals surface area contributed by atoms with Gasteiger partial charge >= 0.3 is 0 Å². The lowest BCUT2D eigenvalue weighted by atomic mass is 9.88. The molecule has 18 heavy (non-hydrogen) atoms. The van der Waals surface area contributed by atoms with E-state index in [0.29, 0.717) is 6.04 Å². The molecule has 3 N–H and O–H groups in total. The Morgan fingerprint density at radius 1 is 0.722 bits per heavy atom. The van der Waals surface area contributed by atoms with Crippen LogP contribution in [-0.2, 0) is 0 Å². The van der Waals surface area contributed by atoms with Crippen LogP contribution in [0.25, 0.3) is 0 Å². The molecular weight excluding hydrogens is 222 g/mol. The molecule has 1 fully saturated rings. The third kappa shape index (κ3) is 4.52. The number of nitrogens with one attached hydrogen (secondary N) is 3. The standard InChI is InChI=1S/C15H33N3/c1-16-14-12-10-8-6-4-5-7-9-11-13-15(14,17-2)18-3/h14,16-18H,4-13H2,1-3H3. The molecule has 1 saturated carbocycles. The lowest BCUT2D eigenvalue weighted by molar-refractivity contribution is 0.179. The van der Waals surface area contributed by atoms with Gasteiger partial charge < -0.3 is 16.0 Å². The van der Waals surface area contributed by atoms with E-state index in [0.717, 1.165) is 0 Å². The third-order valence-electron chi connectivity index (χ3n) is 4.65. The topological polar surface area (TPSA) is 36.1 Å². The van der Waals surface area contributed by atoms with Crippen molar-refractivity contribution < 1.29 is 0 Å². The minimum Gasteiger partial charge on any atom is -0.314 e. The molecule has 108 valence electrons. The van der Waals surface area contributed by atoms with Gasteiger partial charge in [-0.05, 0) is 34.0 Å². The molecule has 0 aromatic heterocycles. The van der Waals surface area contributed by atoms with Gasteiger partial charge in [0.1, 0.15) is 0 Å². The summed E-state index contributed by atoms with van der Waals surface area (Å²) in [4.78, 5) is 0. The van der Waals surface area contributed by atoms with Crippen LogP contribution >= 0.6 is 0 Å². The third-order valence-corrected chi connectivity index (χ3v) is 4.65. The fourth-order valence-corrected chi connectivity index (χ4v) is 3.35. The molecule has 0 aliphatic heterocycles. The monoisotopic (exact) mass is 255 g/mol. The van der Waals surface area contributed by atoms with Crippen molar-refractivity contribution in [1.29, 1.82) is 0 Å². The van der Waals surface area contributed by atoms with E-state index in [-0.39, 0.29) is 5.66 Å². The Morgan fingerprint density at radius 2 is 1.22 bits per heavy atom. The average Bonchev–Trinajstić information content (AvgIpc) is 2.40. The van der Waals surface area contributed by atoms with Crippen LogP contribution in [0.1, 0.15) is 64.2 Å². The largest absolute Gasteiger partial charge is 0.314 e. The highest BCUT2D eigenvalue weighted by Crippen LogP contribution is 2.22. The van der Waals surface area contributed by atoms with Gasteiger partial charge in [0, 0.05) is 6.04 Å². The van der Waals surface area contributed by atoms with Gasteiger partial charge in [-0.15, -0.1) is 0 Å². The minimum absolute atomic E-state index is 0.0634. The number of likely N-dealkylation sites (N-methyl/N-ethyl adjacent to an activating group) is 3. The van der Waals surface area contributed by atoms with Crippen LogP contribution in [0.4, 0.5) is 0 Å². The Kier molecular flexibility index (Phi) is 7.87. The fraction of sp³-hybridized carbons (Fsp3) is 1.00. The van der Waals surface area contributed by atoms with Crippen molar-refractivity contribution in [2.75, 3.05) is 21.1 Å². The Morgan fingerprint density at radius 3 is 1.72 bits per heavy atom. The van der Waals surface area contributed by atoms with Gasteiger partial charge in [0.2, 0.25) is 0 Å². The zero-order valence-corrected chi connectivity index (χ0v) is 12.6. The Labute approximate surface area is 113 Å². The Bertz CT molecular complexity index is 202. The SMILES string of the molecule is CNC1CCCCCCCCCCC1(NC)NC. The summed E-state index contributed by atoms with van der Waals surface area (Å²) in [5.41, 5.74) is 0.0634. The smallest absolute Gasteiger partial charge is 0.0839 e. The maximum atomic E-state index is 3.55. The number of hydrogen-bond donors (Lipinski definition) is 3. The molecule has 0 aromatic carbocycles. The maximum absolute atomic E-state index is 3.55. The van der Waals surface area contributed by atoms with Crippen LogP contribution in [0.2, 0.25) is 0 Å². The molecular formula is C15H33N3. The molecule has 1 aliphatic rings. The number of hydrogen-bond acceptors (Lipinski definition) is 3. The van der Waals surface area contributed by atoms with Crippen molar-refractivity contribution in [1.82, 2.24) is 16.0 Å². The van der Waals surface area contributed by atoms with Crippen LogP contribution in [0.3, 0.4) is 0 Å². The first-order valence-electron chi connectivity index (χ1n) is 7.84. The summed E-state index contributed by atoms with van der Waals surface area (Å²) < 4.78 is 0. The second kappa shape index (κ2) is 8.89. The molecule has 0 radical (unpaired) electrons. The van der Waals surface area contributed by atoms with Gasteiger partial charge in [0.15, 0.2) is 0 Å². The van der Waals surface area contributed by atoms with Crippen molar-refractivity contribution in [2.24, 2.45) is 0 Å². The lowest BCUT2D eigenvalue weighted by Gasteiger charge is -2.41. The summed E-state index contributed by atoms with van der Waals surface area (Å²) >= 11 is 0. The van der Waals surface area contributed by atoms with Gasteiger partial charge in [-0.1, -0.05) is 51.4 Å². The molecule has 1 unspecified atom stereocenters. The molecule has 0 bridgehead atoms. The van der Waals surface area contributed by atoms with E-state index >= 15 is 0 Å². The Balaban J connectivity index is 2.65. The molecule has 3 heteroatoms. The van der Waals surface area contributed by atoms with Crippen molar-refractivity contribution in [3.05, 3.63) is 0 Å². The lowest BCUT2D eigenvalue weighted by Crippen LogP contribution is -2.65. The first kappa shape index (κ1) is 15.9. The van der Waals surface area contributed by atoms with Crippen molar-refractivity contribution in [3.8, 4) is 0 Å². The predicted molar refractivity (Wildman–Crippen MR) is 79.9 cm³/mol. The van der Waals surface area contributed by atoms with E-state index in [1.807, 2.05) is 0 Å². The van der Waals surface area contributed by atoms with Gasteiger partial charge in [0.25, 0.3) is 0 Å². The minimum atomic E-state index is 0.0634. The van der Waals surface area contributed by atoms with Crippen molar-refractivity contribution >= 4 is 0 Å². The summed E-state index contributed by atoms with van der Waals surface area (Å²) in [5, 5.41) is 10.6. The first-order valence-corrected chi connectivity index (χ1v) is 7.84. The highest BCUT2D eigenvalue weighted by atomic mass is 15.2. The van der Waals surface area contributed by atoms with Crippen molar-refractivity contribution in [3.63, 3.8) is 0 Å². The molecule has 1 rings (SSSR count). The molecule has 0 spiro atoms. The molecule has 0 amide bonds. The van der Waals surface area contributed by atoms with Crippen LogP contribution in [-0.4, -0.2) is 32.8 Å². The molecule has 0 aromatic rings. The number of rotatable bonds is 3. The van der Waals surface area contributed by atoms with Crippen LogP contribution in [0.5, 0.6) is 0 Å². The normalized spacial score (nSPS) is 27.2. The highest BCUT2D eigenvalue weighted by molar-refractivity contribution is 4.94.